The second-order valence-electron chi connectivity index (χ2n) is 8.51. The lowest BCUT2D eigenvalue weighted by Crippen LogP contribution is -2.41. The monoisotopic (exact) mass is 462 g/mol. The van der Waals surface area contributed by atoms with Crippen LogP contribution in [-0.2, 0) is 24.8 Å². The predicted molar refractivity (Wildman–Crippen MR) is 123 cm³/mol. The maximum Gasteiger partial charge on any atom is 0.227 e. The van der Waals surface area contributed by atoms with Gasteiger partial charge >= 0.3 is 0 Å². The van der Waals surface area contributed by atoms with Gasteiger partial charge in [-0.3, -0.25) is 9.59 Å². The van der Waals surface area contributed by atoms with Gasteiger partial charge in [-0.2, -0.15) is 0 Å². The quantitative estimate of drug-likeness (QED) is 0.681. The van der Waals surface area contributed by atoms with Crippen molar-refractivity contribution in [3.63, 3.8) is 0 Å². The van der Waals surface area contributed by atoms with Gasteiger partial charge in [0.05, 0.1) is 15.6 Å². The van der Waals surface area contributed by atoms with Crippen LogP contribution < -0.4 is 10.2 Å². The molecule has 0 spiro atoms. The number of benzene rings is 2. The molecule has 0 radical (unpaired) electrons. The first-order valence-electron chi connectivity index (χ1n) is 10.2. The van der Waals surface area contributed by atoms with Crippen molar-refractivity contribution in [3.05, 3.63) is 53.1 Å². The van der Waals surface area contributed by atoms with Crippen LogP contribution in [0.25, 0.3) is 0 Å². The number of hydrogen-bond donors (Lipinski definition) is 1. The fraction of sp³-hybridized carbons (Fsp3) is 0.391. The van der Waals surface area contributed by atoms with Gasteiger partial charge in [-0.05, 0) is 48.1 Å². The summed E-state index contributed by atoms with van der Waals surface area (Å²) in [4.78, 5) is 27.0. The minimum atomic E-state index is -3.37. The highest BCUT2D eigenvalue weighted by Gasteiger charge is 2.33. The second-order valence-corrected chi connectivity index (χ2v) is 10.9. The predicted octanol–water partition coefficient (Wildman–Crippen LogP) is 4.57. The van der Waals surface area contributed by atoms with Crippen molar-refractivity contribution in [2.75, 3.05) is 23.0 Å². The van der Waals surface area contributed by atoms with Gasteiger partial charge in [0.25, 0.3) is 0 Å². The molecule has 0 saturated carbocycles. The Morgan fingerprint density at radius 2 is 1.84 bits per heavy atom. The molecule has 2 aromatic carbocycles. The van der Waals surface area contributed by atoms with E-state index in [2.05, 4.69) is 25.2 Å². The zero-order valence-corrected chi connectivity index (χ0v) is 19.5. The lowest BCUT2D eigenvalue weighted by atomic mass is 9.77. The van der Waals surface area contributed by atoms with E-state index >= 15 is 0 Å². The molecule has 2 aromatic rings. The van der Waals surface area contributed by atoms with Gasteiger partial charge in [0.15, 0.2) is 9.84 Å². The van der Waals surface area contributed by atoms with Crippen LogP contribution in [0.15, 0.2) is 47.4 Å². The molecule has 1 heterocycles. The maximum atomic E-state index is 12.8. The summed E-state index contributed by atoms with van der Waals surface area (Å²) in [7, 11) is -3.37. The van der Waals surface area contributed by atoms with Crippen LogP contribution in [0, 0.1) is 0 Å². The molecule has 6 nitrogen and oxygen atoms in total. The zero-order valence-electron chi connectivity index (χ0n) is 17.9. The molecule has 0 atom stereocenters. The van der Waals surface area contributed by atoms with Gasteiger partial charge in [-0.15, -0.1) is 0 Å². The third-order valence-electron chi connectivity index (χ3n) is 5.62. The molecule has 0 saturated heterocycles. The van der Waals surface area contributed by atoms with Gasteiger partial charge < -0.3 is 10.2 Å². The number of carbonyl (C=O) groups excluding carboxylic acids is 2. The Balaban J connectivity index is 1.56. The zero-order chi connectivity index (χ0) is 22.8. The number of carbonyl (C=O) groups is 2. The van der Waals surface area contributed by atoms with E-state index in [1.807, 2.05) is 23.1 Å². The number of anilines is 2. The van der Waals surface area contributed by atoms with Gasteiger partial charge in [0.2, 0.25) is 11.8 Å². The fourth-order valence-corrected chi connectivity index (χ4v) is 4.70. The lowest BCUT2D eigenvalue weighted by molar-refractivity contribution is -0.119. The molecule has 3 rings (SSSR count). The summed E-state index contributed by atoms with van der Waals surface area (Å²) in [5, 5.41) is 2.83. The van der Waals surface area contributed by atoms with Crippen molar-refractivity contribution in [3.8, 4) is 0 Å². The van der Waals surface area contributed by atoms with Crippen LogP contribution in [0.2, 0.25) is 5.02 Å². The third kappa shape index (κ3) is 5.46. The normalized spacial score (nSPS) is 15.3. The van der Waals surface area contributed by atoms with Gasteiger partial charge in [-0.1, -0.05) is 43.6 Å². The molecule has 31 heavy (non-hydrogen) atoms. The van der Waals surface area contributed by atoms with Gasteiger partial charge in [0, 0.05) is 31.3 Å². The van der Waals surface area contributed by atoms with E-state index in [1.54, 1.807) is 0 Å². The number of fused-ring (bicyclic) bond motifs is 1. The van der Waals surface area contributed by atoms with E-state index in [4.69, 9.17) is 11.6 Å². The van der Waals surface area contributed by atoms with E-state index in [1.165, 1.54) is 23.8 Å². The summed E-state index contributed by atoms with van der Waals surface area (Å²) in [6.45, 7) is 5.04. The number of rotatable bonds is 6. The molecule has 8 heteroatoms. The van der Waals surface area contributed by atoms with Crippen LogP contribution in [0.3, 0.4) is 0 Å². The highest BCUT2D eigenvalue weighted by molar-refractivity contribution is 7.90. The summed E-state index contributed by atoms with van der Waals surface area (Å²) in [5.74, 6) is -0.270. The highest BCUT2D eigenvalue weighted by atomic mass is 35.5. The molecule has 1 aliphatic rings. The summed E-state index contributed by atoms with van der Waals surface area (Å²) < 4.78 is 23.2. The number of nitrogens with one attached hydrogen (secondary N) is 1. The standard InChI is InChI=1S/C23H27ClN2O4S/c1-23(2)13-14-26(20-8-5-4-7-17(20)23)22(28)10-6-9-21(27)25-19-12-11-16(15-18(19)24)31(3,29)30/h4-5,7-8,11-12,15H,6,9-10,13-14H2,1-3H3,(H,25,27). The van der Waals surface area contributed by atoms with Gasteiger partial charge in [-0.25, -0.2) is 8.42 Å². The number of hydrogen-bond acceptors (Lipinski definition) is 4. The number of amides is 2. The first-order chi connectivity index (χ1) is 14.5. The average Bonchev–Trinajstić information content (AvgIpc) is 2.69. The topological polar surface area (TPSA) is 83.6 Å². The van der Waals surface area contributed by atoms with Crippen molar-refractivity contribution >= 4 is 44.6 Å². The third-order valence-corrected chi connectivity index (χ3v) is 7.05. The van der Waals surface area contributed by atoms with Crippen molar-refractivity contribution in [2.45, 2.75) is 49.8 Å². The minimum absolute atomic E-state index is 0.00582. The molecular weight excluding hydrogens is 436 g/mol. The molecule has 2 amide bonds. The summed E-state index contributed by atoms with van der Waals surface area (Å²) in [6.07, 6.45) is 2.82. The van der Waals surface area contributed by atoms with E-state index in [9.17, 15) is 18.0 Å². The molecule has 0 bridgehead atoms. The number of halogens is 1. The van der Waals surface area contributed by atoms with E-state index in [0.717, 1.165) is 18.4 Å². The lowest BCUT2D eigenvalue weighted by Gasteiger charge is -2.39. The molecule has 0 fully saturated rings. The van der Waals surface area contributed by atoms with Crippen LogP contribution in [0.1, 0.15) is 45.1 Å². The van der Waals surface area contributed by atoms with E-state index in [0.29, 0.717) is 18.7 Å². The molecular formula is C23H27ClN2O4S. The van der Waals surface area contributed by atoms with Crippen molar-refractivity contribution in [1.29, 1.82) is 0 Å². The van der Waals surface area contributed by atoms with E-state index < -0.39 is 9.84 Å². The van der Waals surface area contributed by atoms with E-state index in [-0.39, 0.29) is 40.0 Å². The molecule has 1 aliphatic heterocycles. The average molecular weight is 463 g/mol. The Kier molecular flexibility index (Phi) is 6.76. The second kappa shape index (κ2) is 9.01. The van der Waals surface area contributed by atoms with Crippen molar-refractivity contribution in [2.24, 2.45) is 0 Å². The molecule has 0 aliphatic carbocycles. The Bertz CT molecular complexity index is 1110. The smallest absolute Gasteiger partial charge is 0.227 e. The Morgan fingerprint density at radius 3 is 2.52 bits per heavy atom. The summed E-state index contributed by atoms with van der Waals surface area (Å²) in [6, 6.07) is 12.2. The summed E-state index contributed by atoms with van der Waals surface area (Å²) >= 11 is 6.10. The molecule has 1 N–H and O–H groups in total. The first-order valence-corrected chi connectivity index (χ1v) is 12.5. The number of nitrogens with zero attached hydrogens (tertiary/aromatic N) is 1. The number of sulfone groups is 1. The highest BCUT2D eigenvalue weighted by Crippen LogP contribution is 2.39. The van der Waals surface area contributed by atoms with Gasteiger partial charge in [0.1, 0.15) is 0 Å². The fourth-order valence-electron chi connectivity index (χ4n) is 3.76. The Labute approximate surface area is 188 Å². The van der Waals surface area contributed by atoms with Crippen LogP contribution >= 0.6 is 11.6 Å². The Hall–Kier alpha value is -2.38. The van der Waals surface area contributed by atoms with Crippen LogP contribution in [0.5, 0.6) is 0 Å². The van der Waals surface area contributed by atoms with Crippen molar-refractivity contribution in [1.82, 2.24) is 0 Å². The van der Waals surface area contributed by atoms with Crippen LogP contribution in [-0.4, -0.2) is 33.0 Å². The molecule has 0 unspecified atom stereocenters. The largest absolute Gasteiger partial charge is 0.325 e. The maximum absolute atomic E-state index is 12.8. The first kappa shape index (κ1) is 23.3. The van der Waals surface area contributed by atoms with Crippen molar-refractivity contribution < 1.29 is 18.0 Å². The summed E-state index contributed by atoms with van der Waals surface area (Å²) in [5.41, 5.74) is 2.49. The minimum Gasteiger partial charge on any atom is -0.325 e. The SMILES string of the molecule is CC1(C)CCN(C(=O)CCCC(=O)Nc2ccc(S(C)(=O)=O)cc2Cl)c2ccccc21. The Morgan fingerprint density at radius 1 is 1.13 bits per heavy atom. The number of para-hydroxylation sites is 1. The molecule has 0 aromatic heterocycles. The molecule has 166 valence electrons. The van der Waals surface area contributed by atoms with Crippen LogP contribution in [0.4, 0.5) is 11.4 Å².